The Kier molecular flexibility index (Phi) is 5.20. The number of aromatic nitrogens is 2. The van der Waals surface area contributed by atoms with E-state index < -0.39 is 0 Å². The maximum absolute atomic E-state index is 5.55. The van der Waals surface area contributed by atoms with Crippen LogP contribution >= 0.6 is 0 Å². The Hall–Kier alpha value is -0.870. The highest BCUT2D eigenvalue weighted by Crippen LogP contribution is 2.21. The van der Waals surface area contributed by atoms with E-state index >= 15 is 0 Å². The van der Waals surface area contributed by atoms with Gasteiger partial charge in [0.15, 0.2) is 0 Å². The van der Waals surface area contributed by atoms with Gasteiger partial charge >= 0.3 is 0 Å². The maximum Gasteiger partial charge on any atom is 0.0950 e. The fraction of sp³-hybridized carbons (Fsp3) is 0.786. The highest BCUT2D eigenvalue weighted by molar-refractivity contribution is 4.97. The van der Waals surface area contributed by atoms with Crippen LogP contribution in [0.1, 0.15) is 38.3 Å². The molecule has 1 unspecified atom stereocenters. The third kappa shape index (κ3) is 3.82. The molecule has 4 nitrogen and oxygen atoms in total. The molecule has 1 fully saturated rings. The second-order valence-electron chi connectivity index (χ2n) is 5.37. The summed E-state index contributed by atoms with van der Waals surface area (Å²) in [6.07, 6.45) is 9.44. The Morgan fingerprint density at radius 3 is 3.06 bits per heavy atom. The van der Waals surface area contributed by atoms with Crippen molar-refractivity contribution >= 4 is 0 Å². The van der Waals surface area contributed by atoms with Crippen molar-refractivity contribution < 1.29 is 0 Å². The topological polar surface area (TPSA) is 47.1 Å². The summed E-state index contributed by atoms with van der Waals surface area (Å²) in [5, 5.41) is 0. The smallest absolute Gasteiger partial charge is 0.0950 e. The number of rotatable bonds is 5. The van der Waals surface area contributed by atoms with Gasteiger partial charge in [0.05, 0.1) is 12.0 Å². The maximum atomic E-state index is 5.55. The lowest BCUT2D eigenvalue weighted by Gasteiger charge is -2.18. The van der Waals surface area contributed by atoms with Crippen LogP contribution in [0.3, 0.4) is 0 Å². The first kappa shape index (κ1) is 13.6. The van der Waals surface area contributed by atoms with Crippen LogP contribution in [0, 0.1) is 5.92 Å². The van der Waals surface area contributed by atoms with Crippen molar-refractivity contribution in [2.45, 2.75) is 45.7 Å². The molecule has 2 N–H and O–H groups in total. The number of imidazole rings is 1. The first-order chi connectivity index (χ1) is 8.81. The predicted octanol–water partition coefficient (Wildman–Crippen LogP) is 1.85. The lowest BCUT2D eigenvalue weighted by Crippen LogP contribution is -2.24. The molecule has 1 aliphatic heterocycles. The zero-order valence-corrected chi connectivity index (χ0v) is 11.5. The van der Waals surface area contributed by atoms with E-state index in [2.05, 4.69) is 27.6 Å². The second-order valence-corrected chi connectivity index (χ2v) is 5.37. The van der Waals surface area contributed by atoms with E-state index in [1.165, 1.54) is 44.5 Å². The van der Waals surface area contributed by atoms with E-state index in [0.29, 0.717) is 6.54 Å². The van der Waals surface area contributed by atoms with Crippen molar-refractivity contribution in [2.75, 3.05) is 19.6 Å². The number of nitrogens with two attached hydrogens (primary N) is 1. The number of hydrogen-bond acceptors (Lipinski definition) is 3. The van der Waals surface area contributed by atoms with Gasteiger partial charge in [-0.2, -0.15) is 0 Å². The molecule has 2 rings (SSSR count). The van der Waals surface area contributed by atoms with Gasteiger partial charge in [-0.3, -0.25) is 4.90 Å². The highest BCUT2D eigenvalue weighted by atomic mass is 15.1. The van der Waals surface area contributed by atoms with Crippen molar-refractivity contribution in [3.8, 4) is 0 Å². The first-order valence-electron chi connectivity index (χ1n) is 7.25. The molecule has 102 valence electrons. The van der Waals surface area contributed by atoms with Gasteiger partial charge in [0.25, 0.3) is 0 Å². The van der Waals surface area contributed by atoms with Crippen LogP contribution in [0.5, 0.6) is 0 Å². The Bertz CT molecular complexity index is 347. The highest BCUT2D eigenvalue weighted by Gasteiger charge is 2.16. The third-order valence-electron chi connectivity index (χ3n) is 3.98. The van der Waals surface area contributed by atoms with Crippen molar-refractivity contribution in [1.29, 1.82) is 0 Å². The Balaban J connectivity index is 1.84. The summed E-state index contributed by atoms with van der Waals surface area (Å²) < 4.78 is 2.09. The molecule has 18 heavy (non-hydrogen) atoms. The molecule has 0 saturated carbocycles. The van der Waals surface area contributed by atoms with E-state index in [9.17, 15) is 0 Å². The lowest BCUT2D eigenvalue weighted by atomic mass is 9.98. The predicted molar refractivity (Wildman–Crippen MR) is 74.2 cm³/mol. The third-order valence-corrected chi connectivity index (χ3v) is 3.98. The molecular formula is C14H26N4. The van der Waals surface area contributed by atoms with Gasteiger partial charge < -0.3 is 10.3 Å². The molecule has 1 aromatic heterocycles. The summed E-state index contributed by atoms with van der Waals surface area (Å²) in [6.45, 7) is 7.30. The van der Waals surface area contributed by atoms with Crippen LogP contribution in [0.25, 0.3) is 0 Å². The van der Waals surface area contributed by atoms with Crippen LogP contribution in [0.2, 0.25) is 0 Å². The molecule has 2 heterocycles. The van der Waals surface area contributed by atoms with Crippen molar-refractivity contribution in [2.24, 2.45) is 11.7 Å². The van der Waals surface area contributed by atoms with Crippen molar-refractivity contribution in [1.82, 2.24) is 14.5 Å². The average molecular weight is 250 g/mol. The summed E-state index contributed by atoms with van der Waals surface area (Å²) >= 11 is 0. The van der Waals surface area contributed by atoms with Crippen molar-refractivity contribution in [3.63, 3.8) is 0 Å². The van der Waals surface area contributed by atoms with Crippen LogP contribution in [0.15, 0.2) is 12.5 Å². The molecule has 4 heteroatoms. The lowest BCUT2D eigenvalue weighted by molar-refractivity contribution is 0.269. The van der Waals surface area contributed by atoms with Crippen LogP contribution in [-0.4, -0.2) is 34.1 Å². The van der Waals surface area contributed by atoms with Gasteiger partial charge in [-0.15, -0.1) is 0 Å². The quantitative estimate of drug-likeness (QED) is 0.867. The number of likely N-dealkylation sites (tertiary alicyclic amines) is 1. The van der Waals surface area contributed by atoms with Crippen LogP contribution < -0.4 is 5.73 Å². The monoisotopic (exact) mass is 250 g/mol. The zero-order chi connectivity index (χ0) is 12.8. The molecule has 0 aromatic carbocycles. The fourth-order valence-electron chi connectivity index (χ4n) is 2.78. The van der Waals surface area contributed by atoms with Crippen molar-refractivity contribution in [3.05, 3.63) is 18.2 Å². The molecular weight excluding hydrogens is 224 g/mol. The van der Waals surface area contributed by atoms with E-state index in [1.54, 1.807) is 0 Å². The minimum absolute atomic E-state index is 0.678. The van der Waals surface area contributed by atoms with E-state index in [0.717, 1.165) is 19.0 Å². The minimum atomic E-state index is 0.678. The Morgan fingerprint density at radius 2 is 2.28 bits per heavy atom. The second kappa shape index (κ2) is 6.90. The average Bonchev–Trinajstić information content (AvgIpc) is 2.68. The summed E-state index contributed by atoms with van der Waals surface area (Å²) in [5.41, 5.74) is 6.73. The van der Waals surface area contributed by atoms with E-state index in [4.69, 9.17) is 5.73 Å². The summed E-state index contributed by atoms with van der Waals surface area (Å²) in [6, 6.07) is 0. The van der Waals surface area contributed by atoms with Crippen LogP contribution in [-0.2, 0) is 13.1 Å². The van der Waals surface area contributed by atoms with E-state index in [-0.39, 0.29) is 0 Å². The number of nitrogens with zero attached hydrogens (tertiary/aromatic N) is 3. The zero-order valence-electron chi connectivity index (χ0n) is 11.5. The van der Waals surface area contributed by atoms with E-state index in [1.807, 2.05) is 6.33 Å². The van der Waals surface area contributed by atoms with Gasteiger partial charge in [0.1, 0.15) is 0 Å². The summed E-state index contributed by atoms with van der Waals surface area (Å²) in [4.78, 5) is 7.01. The first-order valence-corrected chi connectivity index (χ1v) is 7.25. The fourth-order valence-corrected chi connectivity index (χ4v) is 2.78. The van der Waals surface area contributed by atoms with Crippen LogP contribution in [0.4, 0.5) is 0 Å². The Labute approximate surface area is 110 Å². The molecule has 0 bridgehead atoms. The van der Waals surface area contributed by atoms with Gasteiger partial charge in [-0.05, 0) is 38.3 Å². The Morgan fingerprint density at radius 1 is 1.39 bits per heavy atom. The molecule has 0 aliphatic carbocycles. The summed E-state index contributed by atoms with van der Waals surface area (Å²) in [5.74, 6) is 0.935. The summed E-state index contributed by atoms with van der Waals surface area (Å²) in [7, 11) is 0. The van der Waals surface area contributed by atoms with Gasteiger partial charge in [-0.1, -0.05) is 13.3 Å². The SMILES string of the molecule is CCC1CCCN(Cc2cn(CCN)cn2)CC1. The van der Waals surface area contributed by atoms with Gasteiger partial charge in [-0.25, -0.2) is 4.98 Å². The number of hydrogen-bond donors (Lipinski definition) is 1. The molecule has 1 atom stereocenters. The normalized spacial score (nSPS) is 22.0. The molecule has 0 radical (unpaired) electrons. The van der Waals surface area contributed by atoms with Gasteiger partial charge in [0.2, 0.25) is 0 Å². The minimum Gasteiger partial charge on any atom is -0.336 e. The van der Waals surface area contributed by atoms with Gasteiger partial charge in [0, 0.05) is 25.8 Å². The molecule has 1 saturated heterocycles. The standard InChI is InChI=1S/C14H26N4/c1-2-13-4-3-7-17(8-5-13)10-14-11-18(9-6-15)12-16-14/h11-13H,2-10,15H2,1H3. The molecule has 0 amide bonds. The molecule has 1 aromatic rings. The largest absolute Gasteiger partial charge is 0.336 e. The molecule has 1 aliphatic rings. The molecule has 0 spiro atoms.